The summed E-state index contributed by atoms with van der Waals surface area (Å²) in [4.78, 5) is 40.9. The minimum absolute atomic E-state index is 0.00243. The Bertz CT molecular complexity index is 2280. The Morgan fingerprint density at radius 1 is 0.585 bits per heavy atom. The van der Waals surface area contributed by atoms with E-state index in [1.54, 1.807) is 0 Å². The number of rotatable bonds is 0. The standard InChI is InChI=1S/C54H76N2O9/c1-27-43-40(63-53(27)17-15-46(5,59)26-62-53)25-52(61)32-13-11-30-19-36-38(23-48(30,7)34(32)20-41(57)49(43,52)8)56-35-18-29-10-12-31-33(47(29,6)22-37(35)55-36)21-42(58)51(31)24-39-44(50(51,9)60)28(2)54(64-39)16-14-45(3,4)65-54/h27-34,39-40,43-44,59-61H,10-26H2,1-9H3/t27-,28-,29-,30-,31+,32+,33-,34+,39-,40-,43-,44-,46-,47-,48-,49+,50-,51-,52-,53+,54+/m0/s1. The molecule has 12 aliphatic rings. The van der Waals surface area contributed by atoms with E-state index in [1.807, 2.05) is 13.8 Å². The normalized spacial score (nSPS) is 58.8. The molecule has 65 heavy (non-hydrogen) atoms. The van der Waals surface area contributed by atoms with E-state index < -0.39 is 39.2 Å². The number of ketones is 2. The summed E-state index contributed by atoms with van der Waals surface area (Å²) in [7, 11) is 0. The summed E-state index contributed by atoms with van der Waals surface area (Å²) in [6.45, 7) is 19.5. The van der Waals surface area contributed by atoms with E-state index in [1.165, 1.54) is 0 Å². The van der Waals surface area contributed by atoms with Crippen LogP contribution in [0.5, 0.6) is 0 Å². The van der Waals surface area contributed by atoms with Crippen LogP contribution in [0.25, 0.3) is 0 Å². The molecule has 4 aliphatic heterocycles. The molecular formula is C54H76N2O9. The number of carbonyl (C=O) groups excluding carboxylic acids is 2. The molecular weight excluding hydrogens is 821 g/mol. The number of fused-ring (bicyclic) bond motifs is 14. The molecule has 21 atom stereocenters. The van der Waals surface area contributed by atoms with Crippen molar-refractivity contribution in [3.8, 4) is 0 Å². The van der Waals surface area contributed by atoms with Gasteiger partial charge in [0.15, 0.2) is 11.6 Å². The maximum absolute atomic E-state index is 14.9. The molecule has 8 aliphatic carbocycles. The summed E-state index contributed by atoms with van der Waals surface area (Å²) >= 11 is 0. The number of hydrogen-bond donors (Lipinski definition) is 3. The summed E-state index contributed by atoms with van der Waals surface area (Å²) in [6.07, 6.45) is 11.6. The molecule has 3 spiro atoms. The third-order valence-electron chi connectivity index (χ3n) is 23.8. The summed E-state index contributed by atoms with van der Waals surface area (Å²) in [6, 6.07) is 0. The Hall–Kier alpha value is -1.86. The number of carbonyl (C=O) groups is 2. The van der Waals surface area contributed by atoms with E-state index in [2.05, 4.69) is 48.5 Å². The van der Waals surface area contributed by atoms with Gasteiger partial charge in [-0.3, -0.25) is 19.6 Å². The molecule has 356 valence electrons. The number of Topliss-reactive ketones (excluding diaryl/α,β-unsaturated/α-hetero) is 2. The first-order chi connectivity index (χ1) is 30.4. The molecule has 1 aromatic heterocycles. The third kappa shape index (κ3) is 5.04. The molecule has 3 N–H and O–H groups in total. The average molecular weight is 897 g/mol. The second kappa shape index (κ2) is 12.7. The largest absolute Gasteiger partial charge is 0.389 e. The van der Waals surface area contributed by atoms with Gasteiger partial charge in [0.25, 0.3) is 0 Å². The lowest BCUT2D eigenvalue weighted by Gasteiger charge is -2.62. The summed E-state index contributed by atoms with van der Waals surface area (Å²) in [5, 5.41) is 36.7. The van der Waals surface area contributed by atoms with Crippen molar-refractivity contribution in [1.82, 2.24) is 9.97 Å². The number of aliphatic hydroxyl groups is 3. The fourth-order valence-electron chi connectivity index (χ4n) is 20.3. The summed E-state index contributed by atoms with van der Waals surface area (Å²) in [5.41, 5.74) is -1.08. The molecule has 0 amide bonds. The molecule has 11 nitrogen and oxygen atoms in total. The van der Waals surface area contributed by atoms with Crippen molar-refractivity contribution in [3.05, 3.63) is 22.8 Å². The maximum atomic E-state index is 14.9. The molecule has 5 heterocycles. The SMILES string of the molecule is C[C@H]1[C@H]2[C@H](C[C@]3(C(=O)C[C@H]4[C@H]3CC[C@H]3Cc5nc6c(nc5C[C@@]34C)C[C@@H]3CC[C@@H]4[C@@H](CC(=O)[C@]5(C)[C@@H]7[C@H](C[C@]45O)O[C@]4(CC[C@](C)(O)CO4)[C@H]7C)[C@@]3(C)C6)[C@@]2(C)O)O[C@@]12CCC(C)(C)O2. The zero-order chi connectivity index (χ0) is 45.7. The first kappa shape index (κ1) is 43.2. The van der Waals surface area contributed by atoms with Crippen LogP contribution in [0.3, 0.4) is 0 Å². The Morgan fingerprint density at radius 2 is 1.14 bits per heavy atom. The van der Waals surface area contributed by atoms with Crippen molar-refractivity contribution in [1.29, 1.82) is 0 Å². The van der Waals surface area contributed by atoms with E-state index in [0.717, 1.165) is 87.0 Å². The molecule has 10 fully saturated rings. The average Bonchev–Trinajstić information content (AvgIpc) is 3.99. The highest BCUT2D eigenvalue weighted by Gasteiger charge is 2.80. The second-order valence-corrected chi connectivity index (χ2v) is 26.9. The Morgan fingerprint density at radius 3 is 1.72 bits per heavy atom. The Balaban J connectivity index is 0.758. The Labute approximate surface area is 385 Å². The highest BCUT2D eigenvalue weighted by Crippen LogP contribution is 2.74. The van der Waals surface area contributed by atoms with Crippen LogP contribution in [-0.4, -0.2) is 89.6 Å². The predicted octanol–water partition coefficient (Wildman–Crippen LogP) is 7.04. The van der Waals surface area contributed by atoms with Gasteiger partial charge in [0.2, 0.25) is 0 Å². The smallest absolute Gasteiger partial charge is 0.172 e. The molecule has 6 saturated carbocycles. The predicted molar refractivity (Wildman–Crippen MR) is 238 cm³/mol. The lowest BCUT2D eigenvalue weighted by atomic mass is 9.43. The van der Waals surface area contributed by atoms with E-state index in [9.17, 15) is 24.9 Å². The van der Waals surface area contributed by atoms with Gasteiger partial charge in [0.1, 0.15) is 11.6 Å². The minimum Gasteiger partial charge on any atom is -0.389 e. The van der Waals surface area contributed by atoms with Crippen molar-refractivity contribution >= 4 is 11.6 Å². The topological polar surface area (TPSA) is 158 Å². The van der Waals surface area contributed by atoms with Crippen molar-refractivity contribution in [2.45, 2.75) is 211 Å². The van der Waals surface area contributed by atoms with Crippen molar-refractivity contribution in [2.75, 3.05) is 6.61 Å². The molecule has 1 aromatic rings. The van der Waals surface area contributed by atoms with Gasteiger partial charge in [0.05, 0.1) is 74.8 Å². The van der Waals surface area contributed by atoms with Crippen LogP contribution in [0.15, 0.2) is 0 Å². The van der Waals surface area contributed by atoms with Gasteiger partial charge < -0.3 is 34.3 Å². The molecule has 4 saturated heterocycles. The summed E-state index contributed by atoms with van der Waals surface area (Å²) < 4.78 is 26.8. The zero-order valence-electron chi connectivity index (χ0n) is 40.6. The van der Waals surface area contributed by atoms with Gasteiger partial charge in [-0.05, 0) is 152 Å². The van der Waals surface area contributed by atoms with Crippen LogP contribution in [0.2, 0.25) is 0 Å². The van der Waals surface area contributed by atoms with Crippen molar-refractivity contribution < 1.29 is 43.9 Å². The lowest BCUT2D eigenvalue weighted by Crippen LogP contribution is -2.67. The molecule has 11 heteroatoms. The van der Waals surface area contributed by atoms with Crippen LogP contribution in [0, 0.1) is 80.8 Å². The zero-order valence-corrected chi connectivity index (χ0v) is 40.6. The molecule has 13 rings (SSSR count). The van der Waals surface area contributed by atoms with Crippen LogP contribution in [0.1, 0.15) is 162 Å². The van der Waals surface area contributed by atoms with Crippen LogP contribution < -0.4 is 0 Å². The van der Waals surface area contributed by atoms with E-state index in [-0.39, 0.29) is 94.2 Å². The van der Waals surface area contributed by atoms with Crippen LogP contribution in [0.4, 0.5) is 0 Å². The minimum atomic E-state index is -1.18. The summed E-state index contributed by atoms with van der Waals surface area (Å²) in [5.74, 6) is -0.376. The fraction of sp³-hybridized carbons (Fsp3) is 0.889. The van der Waals surface area contributed by atoms with Gasteiger partial charge in [-0.2, -0.15) is 0 Å². The van der Waals surface area contributed by atoms with E-state index >= 15 is 0 Å². The van der Waals surface area contributed by atoms with Crippen molar-refractivity contribution in [3.63, 3.8) is 0 Å². The number of nitrogens with zero attached hydrogens (tertiary/aromatic N) is 2. The number of aromatic nitrogens is 2. The first-order valence-electron chi connectivity index (χ1n) is 26.2. The monoisotopic (exact) mass is 897 g/mol. The number of hydrogen-bond acceptors (Lipinski definition) is 11. The van der Waals surface area contributed by atoms with E-state index in [4.69, 9.17) is 28.9 Å². The second-order valence-electron chi connectivity index (χ2n) is 26.9. The molecule has 0 unspecified atom stereocenters. The highest BCUT2D eigenvalue weighted by molar-refractivity contribution is 5.90. The van der Waals surface area contributed by atoms with Gasteiger partial charge in [-0.1, -0.05) is 27.7 Å². The van der Waals surface area contributed by atoms with Crippen LogP contribution in [-0.2, 0) is 54.2 Å². The van der Waals surface area contributed by atoms with E-state index in [0.29, 0.717) is 50.4 Å². The highest BCUT2D eigenvalue weighted by atomic mass is 16.7. The first-order valence-corrected chi connectivity index (χ1v) is 26.2. The third-order valence-corrected chi connectivity index (χ3v) is 23.8. The Kier molecular flexibility index (Phi) is 8.45. The fourth-order valence-corrected chi connectivity index (χ4v) is 20.3. The van der Waals surface area contributed by atoms with Gasteiger partial charge in [0, 0.05) is 55.8 Å². The van der Waals surface area contributed by atoms with Gasteiger partial charge in [-0.25, -0.2) is 0 Å². The van der Waals surface area contributed by atoms with Crippen molar-refractivity contribution in [2.24, 2.45) is 80.8 Å². The molecule has 0 bridgehead atoms. The molecule has 0 aromatic carbocycles. The lowest BCUT2D eigenvalue weighted by molar-refractivity contribution is -0.298. The quantitative estimate of drug-likeness (QED) is 0.245. The van der Waals surface area contributed by atoms with Gasteiger partial charge >= 0.3 is 0 Å². The maximum Gasteiger partial charge on any atom is 0.172 e. The van der Waals surface area contributed by atoms with Gasteiger partial charge in [-0.15, -0.1) is 0 Å². The number of ether oxygens (including phenoxy) is 4. The van der Waals surface area contributed by atoms with Crippen LogP contribution >= 0.6 is 0 Å². The molecule has 0 radical (unpaired) electrons.